The van der Waals surface area contributed by atoms with E-state index in [4.69, 9.17) is 37.1 Å². The van der Waals surface area contributed by atoms with Gasteiger partial charge >= 0.3 is 0 Å². The molecule has 0 spiro atoms. The van der Waals surface area contributed by atoms with Gasteiger partial charge in [0.25, 0.3) is 5.91 Å². The lowest BCUT2D eigenvalue weighted by Gasteiger charge is -2.16. The molecule has 4 rings (SSSR count). The Morgan fingerprint density at radius 2 is 1.97 bits per heavy atom. The van der Waals surface area contributed by atoms with Crippen molar-refractivity contribution in [2.24, 2.45) is 0 Å². The molecule has 1 aromatic carbocycles. The van der Waals surface area contributed by atoms with Gasteiger partial charge in [0.15, 0.2) is 6.61 Å². The summed E-state index contributed by atoms with van der Waals surface area (Å²) in [5, 5.41) is 4.09. The SMILES string of the molecule is C[Si](C)(C)CCOCn1c(I)cc2c(OCc3ncco3)c(C(=O)Nc3c(Cl)cccc3Cl)cnc21. The molecule has 1 N–H and O–H groups in total. The van der Waals surface area contributed by atoms with Crippen LogP contribution in [0.1, 0.15) is 16.2 Å². The van der Waals surface area contributed by atoms with E-state index in [2.05, 4.69) is 57.5 Å². The molecule has 0 saturated carbocycles. The molecule has 3 heterocycles. The van der Waals surface area contributed by atoms with Gasteiger partial charge < -0.3 is 19.2 Å². The number of nitrogens with zero attached hydrogens (tertiary/aromatic N) is 3. The van der Waals surface area contributed by atoms with Gasteiger partial charge in [0.05, 0.1) is 31.0 Å². The van der Waals surface area contributed by atoms with Gasteiger partial charge in [-0.25, -0.2) is 9.97 Å². The number of hydrogen-bond donors (Lipinski definition) is 1. The van der Waals surface area contributed by atoms with Crippen molar-refractivity contribution < 1.29 is 18.7 Å². The third-order valence-corrected chi connectivity index (χ3v) is 8.54. The van der Waals surface area contributed by atoms with E-state index in [0.717, 1.165) is 9.74 Å². The van der Waals surface area contributed by atoms with Crippen LogP contribution in [0, 0.1) is 3.70 Å². The van der Waals surface area contributed by atoms with E-state index < -0.39 is 14.0 Å². The zero-order chi connectivity index (χ0) is 25.9. The molecule has 36 heavy (non-hydrogen) atoms. The zero-order valence-electron chi connectivity index (χ0n) is 20.0. The van der Waals surface area contributed by atoms with Crippen LogP contribution in [0.2, 0.25) is 35.7 Å². The van der Waals surface area contributed by atoms with E-state index in [-0.39, 0.29) is 12.2 Å². The van der Waals surface area contributed by atoms with Crippen LogP contribution in [0.3, 0.4) is 0 Å². The largest absolute Gasteiger partial charge is 0.482 e. The van der Waals surface area contributed by atoms with Crippen LogP contribution in [-0.4, -0.2) is 35.1 Å². The van der Waals surface area contributed by atoms with Gasteiger partial charge in [-0.05, 0) is 46.8 Å². The van der Waals surface area contributed by atoms with E-state index in [1.807, 2.05) is 10.6 Å². The number of fused-ring (bicyclic) bond motifs is 1. The molecule has 1 amide bonds. The van der Waals surface area contributed by atoms with Gasteiger partial charge in [-0.15, -0.1) is 0 Å². The summed E-state index contributed by atoms with van der Waals surface area (Å²) in [4.78, 5) is 22.0. The minimum Gasteiger partial charge on any atom is -0.482 e. The molecule has 190 valence electrons. The van der Waals surface area contributed by atoms with Crippen LogP contribution in [-0.2, 0) is 18.1 Å². The first-order valence-electron chi connectivity index (χ1n) is 11.2. The smallest absolute Gasteiger partial charge is 0.261 e. The fourth-order valence-corrected chi connectivity index (χ4v) is 5.30. The Hall–Kier alpha value is -2.12. The van der Waals surface area contributed by atoms with Crippen LogP contribution < -0.4 is 10.1 Å². The van der Waals surface area contributed by atoms with Crippen molar-refractivity contribution in [3.63, 3.8) is 0 Å². The first-order chi connectivity index (χ1) is 17.1. The summed E-state index contributed by atoms with van der Waals surface area (Å²) in [6.45, 7) is 8.00. The summed E-state index contributed by atoms with van der Waals surface area (Å²) in [6.07, 6.45) is 4.47. The third-order valence-electron chi connectivity index (χ3n) is 5.31. The summed E-state index contributed by atoms with van der Waals surface area (Å²) in [7, 11) is -1.20. The Morgan fingerprint density at radius 1 is 1.22 bits per heavy atom. The van der Waals surface area contributed by atoms with Gasteiger partial charge in [-0.3, -0.25) is 9.36 Å². The lowest BCUT2D eigenvalue weighted by atomic mass is 10.2. The molecule has 0 aliphatic rings. The molecule has 0 radical (unpaired) electrons. The van der Waals surface area contributed by atoms with E-state index in [0.29, 0.717) is 51.7 Å². The summed E-state index contributed by atoms with van der Waals surface area (Å²) < 4.78 is 20.2. The topological polar surface area (TPSA) is 91.4 Å². The Balaban J connectivity index is 1.67. The minimum atomic E-state index is -1.20. The summed E-state index contributed by atoms with van der Waals surface area (Å²) >= 11 is 14.7. The monoisotopic (exact) mass is 658 g/mol. The molecular formula is C24H25Cl2IN4O4Si. The highest BCUT2D eigenvalue weighted by Crippen LogP contribution is 2.35. The molecule has 0 unspecified atom stereocenters. The Kier molecular flexibility index (Phi) is 8.61. The molecular weight excluding hydrogens is 634 g/mol. The predicted octanol–water partition coefficient (Wildman–Crippen LogP) is 7.08. The fraction of sp³-hybridized carbons (Fsp3) is 0.292. The van der Waals surface area contributed by atoms with E-state index in [1.165, 1.54) is 18.7 Å². The number of hydrogen-bond acceptors (Lipinski definition) is 6. The maximum Gasteiger partial charge on any atom is 0.261 e. The van der Waals surface area contributed by atoms with Crippen molar-refractivity contribution in [2.75, 3.05) is 11.9 Å². The number of anilines is 1. The molecule has 0 aliphatic carbocycles. The second kappa shape index (κ2) is 11.5. The quantitative estimate of drug-likeness (QED) is 0.111. The van der Waals surface area contributed by atoms with Gasteiger partial charge in [0, 0.05) is 20.9 Å². The van der Waals surface area contributed by atoms with Gasteiger partial charge in [0.2, 0.25) is 5.89 Å². The maximum absolute atomic E-state index is 13.3. The number of para-hydroxylation sites is 1. The predicted molar refractivity (Wildman–Crippen MR) is 152 cm³/mol. The molecule has 0 aliphatic heterocycles. The first-order valence-corrected chi connectivity index (χ1v) is 16.7. The molecule has 12 heteroatoms. The number of rotatable bonds is 10. The number of oxazole rings is 1. The second-order valence-corrected chi connectivity index (χ2v) is 16.8. The fourth-order valence-electron chi connectivity index (χ4n) is 3.37. The number of carbonyl (C=O) groups is 1. The molecule has 4 aromatic rings. The van der Waals surface area contributed by atoms with Crippen molar-refractivity contribution in [2.45, 2.75) is 39.0 Å². The molecule has 0 saturated heterocycles. The van der Waals surface area contributed by atoms with Crippen LogP contribution in [0.4, 0.5) is 5.69 Å². The lowest BCUT2D eigenvalue weighted by Crippen LogP contribution is -2.22. The number of pyridine rings is 1. The van der Waals surface area contributed by atoms with Crippen LogP contribution in [0.15, 0.2) is 47.3 Å². The van der Waals surface area contributed by atoms with Crippen LogP contribution in [0.25, 0.3) is 11.0 Å². The van der Waals surface area contributed by atoms with Crippen LogP contribution >= 0.6 is 45.8 Å². The number of benzene rings is 1. The van der Waals surface area contributed by atoms with Crippen molar-refractivity contribution in [3.8, 4) is 5.75 Å². The normalized spacial score (nSPS) is 11.7. The van der Waals surface area contributed by atoms with E-state index >= 15 is 0 Å². The van der Waals surface area contributed by atoms with E-state index in [9.17, 15) is 4.79 Å². The second-order valence-electron chi connectivity index (χ2n) is 9.25. The Labute approximate surface area is 233 Å². The summed E-state index contributed by atoms with van der Waals surface area (Å²) in [5.41, 5.74) is 1.17. The standard InChI is InChI=1S/C24H25Cl2IN4O4Si/c1-36(2,3)10-9-33-14-31-19(27)11-15-22(35-13-20-28-7-8-34-20)16(12-29-23(15)31)24(32)30-21-17(25)5-4-6-18(21)26/h4-8,11-12H,9-10,13-14H2,1-3H3,(H,30,32). The van der Waals surface area contributed by atoms with E-state index in [1.54, 1.807) is 18.2 Å². The number of ether oxygens (including phenoxy) is 2. The number of carbonyl (C=O) groups excluding carboxylic acids is 1. The lowest BCUT2D eigenvalue weighted by molar-refractivity contribution is 0.0883. The molecule has 0 bridgehead atoms. The van der Waals surface area contributed by atoms with Crippen molar-refractivity contribution in [1.29, 1.82) is 0 Å². The minimum absolute atomic E-state index is 0.0354. The highest BCUT2D eigenvalue weighted by molar-refractivity contribution is 14.1. The zero-order valence-corrected chi connectivity index (χ0v) is 24.6. The van der Waals surface area contributed by atoms with Crippen molar-refractivity contribution >= 4 is 76.5 Å². The van der Waals surface area contributed by atoms with Gasteiger partial charge in [0.1, 0.15) is 30.0 Å². The maximum atomic E-state index is 13.3. The average Bonchev–Trinajstić information content (AvgIpc) is 3.44. The Bertz CT molecular complexity index is 1350. The number of nitrogens with one attached hydrogen (secondary N) is 1. The van der Waals surface area contributed by atoms with Gasteiger partial charge in [-0.1, -0.05) is 48.9 Å². The average molecular weight is 659 g/mol. The number of halogens is 3. The molecule has 0 fully saturated rings. The van der Waals surface area contributed by atoms with Crippen molar-refractivity contribution in [1.82, 2.24) is 14.5 Å². The summed E-state index contributed by atoms with van der Waals surface area (Å²) in [5.74, 6) is 0.262. The summed E-state index contributed by atoms with van der Waals surface area (Å²) in [6, 6.07) is 7.98. The number of aromatic nitrogens is 3. The van der Waals surface area contributed by atoms with Crippen molar-refractivity contribution in [3.05, 3.63) is 68.1 Å². The number of amides is 1. The first kappa shape index (κ1) is 26.9. The molecule has 0 atom stereocenters. The Morgan fingerprint density at radius 3 is 2.64 bits per heavy atom. The molecule has 3 aromatic heterocycles. The molecule has 8 nitrogen and oxygen atoms in total. The third kappa shape index (κ3) is 6.41. The van der Waals surface area contributed by atoms with Crippen LogP contribution in [0.5, 0.6) is 5.75 Å². The highest BCUT2D eigenvalue weighted by Gasteiger charge is 2.23. The van der Waals surface area contributed by atoms with Gasteiger partial charge in [-0.2, -0.15) is 0 Å². The highest BCUT2D eigenvalue weighted by atomic mass is 127.